The van der Waals surface area contributed by atoms with E-state index >= 15 is 0 Å². The Bertz CT molecular complexity index is 4090. The molecule has 0 aliphatic heterocycles. The number of phenols is 2. The van der Waals surface area contributed by atoms with Gasteiger partial charge in [-0.15, -0.1) is 29.8 Å². The van der Waals surface area contributed by atoms with E-state index < -0.39 is 0 Å². The smallest absolute Gasteiger partial charge is 0.137 e. The van der Waals surface area contributed by atoms with Gasteiger partial charge in [0.05, 0.1) is 17.1 Å². The van der Waals surface area contributed by atoms with E-state index in [0.29, 0.717) is 16.8 Å². The molecule has 470 valence electrons. The van der Waals surface area contributed by atoms with Crippen LogP contribution in [0.1, 0.15) is 105 Å². The minimum Gasteiger partial charge on any atom is -0.507 e. The van der Waals surface area contributed by atoms with Gasteiger partial charge in [-0.25, -0.2) is 15.0 Å². The maximum atomic E-state index is 10.9. The Morgan fingerprint density at radius 3 is 1.14 bits per heavy atom. The van der Waals surface area contributed by atoms with E-state index in [4.69, 9.17) is 9.97 Å². The SMILES string of the molecule is CC(C)(C)c1cc(-c2cc(-c3[c-]c(N(c4ccccc4)c4ccccn4)ccc3)nc(-c3ccccc3O)c2)cc(C(C)(C)C)c1.CC(C)(C)c1cc(-c2cc(-c3cccc(N(c4ccccc4)c4ccccn4)c3)nc(-c3ccccc3O)c2)cc(C(C)(C)C)c1.[Pt]. The molecule has 93 heavy (non-hydrogen) atoms. The second kappa shape index (κ2) is 27.6. The van der Waals surface area contributed by atoms with Gasteiger partial charge in [-0.2, -0.15) is 0 Å². The molecule has 0 saturated heterocycles. The normalized spacial score (nSPS) is 11.7. The third-order valence-electron chi connectivity index (χ3n) is 16.5. The number of aromatic hydroxyl groups is 2. The molecule has 0 spiro atoms. The van der Waals surface area contributed by atoms with E-state index in [1.54, 1.807) is 18.3 Å². The quantitative estimate of drug-likeness (QED) is 0.117. The molecule has 9 heteroatoms. The first-order valence-electron chi connectivity index (χ1n) is 31.5. The minimum atomic E-state index is -0.0269. The minimum absolute atomic E-state index is 0. The first kappa shape index (κ1) is 66.2. The summed E-state index contributed by atoms with van der Waals surface area (Å²) in [5.41, 5.74) is 19.4. The van der Waals surface area contributed by atoms with Crippen LogP contribution in [0, 0.1) is 6.07 Å². The van der Waals surface area contributed by atoms with Crippen LogP contribution in [-0.2, 0) is 42.7 Å². The van der Waals surface area contributed by atoms with Gasteiger partial charge in [0, 0.05) is 67.2 Å². The third kappa shape index (κ3) is 15.6. The van der Waals surface area contributed by atoms with Gasteiger partial charge < -0.3 is 15.1 Å². The predicted molar refractivity (Wildman–Crippen MR) is 383 cm³/mol. The summed E-state index contributed by atoms with van der Waals surface area (Å²) < 4.78 is 0. The van der Waals surface area contributed by atoms with Gasteiger partial charge in [0.1, 0.15) is 23.1 Å². The number of anilines is 6. The van der Waals surface area contributed by atoms with Gasteiger partial charge in [-0.1, -0.05) is 210 Å². The van der Waals surface area contributed by atoms with E-state index in [2.05, 4.69) is 218 Å². The van der Waals surface area contributed by atoms with Gasteiger partial charge in [0.15, 0.2) is 0 Å². The third-order valence-corrected chi connectivity index (χ3v) is 16.5. The average molecular weight is 1400 g/mol. The van der Waals surface area contributed by atoms with Crippen LogP contribution in [0.25, 0.3) is 67.3 Å². The molecule has 0 saturated carbocycles. The first-order chi connectivity index (χ1) is 43.9. The Balaban J connectivity index is 0.000000201. The zero-order chi connectivity index (χ0) is 65.0. The van der Waals surface area contributed by atoms with E-state index in [-0.39, 0.29) is 54.2 Å². The molecule has 8 aromatic carbocycles. The number of benzene rings is 8. The molecule has 4 heterocycles. The molecule has 0 aliphatic carbocycles. The Labute approximate surface area is 564 Å². The van der Waals surface area contributed by atoms with Gasteiger partial charge in [-0.05, 0) is 181 Å². The fourth-order valence-electron chi connectivity index (χ4n) is 11.1. The van der Waals surface area contributed by atoms with Crippen molar-refractivity contribution in [1.29, 1.82) is 0 Å². The van der Waals surface area contributed by atoms with Crippen molar-refractivity contribution in [2.24, 2.45) is 0 Å². The van der Waals surface area contributed by atoms with E-state index in [0.717, 1.165) is 84.8 Å². The molecule has 0 amide bonds. The summed E-state index contributed by atoms with van der Waals surface area (Å²) in [6, 6.07) is 87.7. The van der Waals surface area contributed by atoms with Crippen molar-refractivity contribution in [3.63, 3.8) is 0 Å². The summed E-state index contributed by atoms with van der Waals surface area (Å²) in [5, 5.41) is 21.8. The van der Waals surface area contributed by atoms with Crippen molar-refractivity contribution in [3.05, 3.63) is 289 Å². The Hall–Kier alpha value is -9.75. The maximum Gasteiger partial charge on any atom is 0.137 e. The zero-order valence-electron chi connectivity index (χ0n) is 55.2. The second-order valence-corrected chi connectivity index (χ2v) is 27.6. The van der Waals surface area contributed by atoms with Crippen LogP contribution >= 0.6 is 0 Å². The topological polar surface area (TPSA) is 98.5 Å². The summed E-state index contributed by atoms with van der Waals surface area (Å²) in [6.07, 6.45) is 3.62. The molecule has 0 radical (unpaired) electrons. The molecule has 0 atom stereocenters. The zero-order valence-corrected chi connectivity index (χ0v) is 57.5. The molecular weight excluding hydrogens is 1320 g/mol. The fourth-order valence-corrected chi connectivity index (χ4v) is 11.1. The number of rotatable bonds is 12. The van der Waals surface area contributed by atoms with E-state index in [1.165, 1.54) is 22.3 Å². The van der Waals surface area contributed by atoms with Crippen molar-refractivity contribution in [1.82, 2.24) is 19.9 Å². The van der Waals surface area contributed by atoms with Crippen molar-refractivity contribution >= 4 is 34.4 Å². The second-order valence-electron chi connectivity index (χ2n) is 27.6. The molecule has 0 fully saturated rings. The van der Waals surface area contributed by atoms with Crippen molar-refractivity contribution in [2.45, 2.75) is 105 Å². The summed E-state index contributed by atoms with van der Waals surface area (Å²) in [5.74, 6) is 2.03. The Morgan fingerprint density at radius 1 is 0.312 bits per heavy atom. The number of hydrogen-bond donors (Lipinski definition) is 2. The fraction of sp³-hybridized carbons (Fsp3) is 0.190. The van der Waals surface area contributed by atoms with Gasteiger partial charge in [0.25, 0.3) is 0 Å². The molecule has 2 N–H and O–H groups in total. The van der Waals surface area contributed by atoms with Gasteiger partial charge in [-0.3, -0.25) is 9.88 Å². The first-order valence-corrected chi connectivity index (χ1v) is 31.5. The standard InChI is InChI=1S/C42H41N3O.C42H40N3O.Pt/c2*1-41(2,3)32-23-30(24-33(28-32)42(4,5)6)31-26-37(44-38(27-31)36-19-10-11-20-39(36)46)29-15-14-18-35(25-29)45(34-16-8-7-9-17-34)40-21-12-13-22-43-40;/h7-28,46H,1-6H3;7-24,26-28,46H,1-6H3;/q;-1;. The molecule has 12 rings (SSSR count). The van der Waals surface area contributed by atoms with Crippen molar-refractivity contribution < 1.29 is 31.3 Å². The number of phenolic OH excluding ortho intramolecular Hbond substituents is 2. The Kier molecular flexibility index (Phi) is 19.6. The molecule has 0 aliphatic rings. The molecule has 12 aromatic rings. The number of aromatic nitrogens is 4. The molecule has 0 bridgehead atoms. The van der Waals surface area contributed by atoms with Crippen LogP contribution in [0.3, 0.4) is 0 Å². The van der Waals surface area contributed by atoms with Crippen LogP contribution in [-0.4, -0.2) is 30.1 Å². The number of para-hydroxylation sites is 4. The largest absolute Gasteiger partial charge is 0.507 e. The monoisotopic (exact) mass is 1400 g/mol. The summed E-state index contributed by atoms with van der Waals surface area (Å²) in [7, 11) is 0. The van der Waals surface area contributed by atoms with Crippen LogP contribution in [0.4, 0.5) is 34.4 Å². The van der Waals surface area contributed by atoms with Crippen LogP contribution in [0.5, 0.6) is 11.5 Å². The molecule has 0 unspecified atom stereocenters. The molecule has 8 nitrogen and oxygen atoms in total. The number of nitrogens with zero attached hydrogens (tertiary/aromatic N) is 6. The summed E-state index contributed by atoms with van der Waals surface area (Å²) in [4.78, 5) is 23.9. The molecule has 4 aromatic heterocycles. The van der Waals surface area contributed by atoms with Gasteiger partial charge >= 0.3 is 0 Å². The number of pyridine rings is 4. The molecular formula is C84H81N6O2Pt-. The predicted octanol–water partition coefficient (Wildman–Crippen LogP) is 22.3. The Morgan fingerprint density at radius 2 is 0.688 bits per heavy atom. The number of hydrogen-bond acceptors (Lipinski definition) is 8. The van der Waals surface area contributed by atoms with Gasteiger partial charge in [0.2, 0.25) is 0 Å². The summed E-state index contributed by atoms with van der Waals surface area (Å²) >= 11 is 0. The van der Waals surface area contributed by atoms with E-state index in [1.807, 2.05) is 134 Å². The maximum absolute atomic E-state index is 10.9. The van der Waals surface area contributed by atoms with Crippen LogP contribution < -0.4 is 9.80 Å². The summed E-state index contributed by atoms with van der Waals surface area (Å²) in [6.45, 7) is 27.1. The van der Waals surface area contributed by atoms with E-state index in [9.17, 15) is 10.2 Å². The van der Waals surface area contributed by atoms with Crippen LogP contribution in [0.15, 0.2) is 261 Å². The van der Waals surface area contributed by atoms with Crippen molar-refractivity contribution in [3.8, 4) is 78.8 Å². The average Bonchev–Trinajstić information content (AvgIpc) is 0.800. The van der Waals surface area contributed by atoms with Crippen molar-refractivity contribution in [2.75, 3.05) is 9.80 Å². The van der Waals surface area contributed by atoms with Crippen LogP contribution in [0.2, 0.25) is 0 Å².